The summed E-state index contributed by atoms with van der Waals surface area (Å²) in [6, 6.07) is 6.06. The van der Waals surface area contributed by atoms with Gasteiger partial charge in [-0.1, -0.05) is 32.8 Å². The number of benzene rings is 1. The van der Waals surface area contributed by atoms with Crippen LogP contribution in [0.3, 0.4) is 0 Å². The van der Waals surface area contributed by atoms with Crippen LogP contribution in [0.1, 0.15) is 26.7 Å². The maximum absolute atomic E-state index is 12.9. The predicted molar refractivity (Wildman–Crippen MR) is 61.7 cm³/mol. The Hall–Kier alpha value is -0.700. The molecule has 3 heteroatoms. The molecule has 1 aromatic carbocycles. The van der Waals surface area contributed by atoms with Crippen LogP contribution in [0.15, 0.2) is 29.2 Å². The largest absolute Gasteiger partial charge is 0.254 e. The first-order valence-electron chi connectivity index (χ1n) is 5.31. The fraction of sp³-hybridized carbons (Fsp3) is 0.500. The van der Waals surface area contributed by atoms with Crippen molar-refractivity contribution in [2.45, 2.75) is 31.6 Å². The second-order valence-corrected chi connectivity index (χ2v) is 5.15. The van der Waals surface area contributed by atoms with Gasteiger partial charge in [0.2, 0.25) is 0 Å². The summed E-state index contributed by atoms with van der Waals surface area (Å²) in [7, 11) is -1.06. The summed E-state index contributed by atoms with van der Waals surface area (Å²) >= 11 is 0. The first-order valence-corrected chi connectivity index (χ1v) is 6.63. The summed E-state index contributed by atoms with van der Waals surface area (Å²) < 4.78 is 24.8. The summed E-state index contributed by atoms with van der Waals surface area (Å²) in [5.41, 5.74) is 0. The van der Waals surface area contributed by atoms with Crippen molar-refractivity contribution in [2.75, 3.05) is 5.75 Å². The molecule has 0 radical (unpaired) electrons. The SMILES string of the molecule is CCC(CC)CS(=O)c1cccc(F)c1. The van der Waals surface area contributed by atoms with Crippen molar-refractivity contribution in [3.8, 4) is 0 Å². The second-order valence-electron chi connectivity index (χ2n) is 3.65. The quantitative estimate of drug-likeness (QED) is 0.755. The highest BCUT2D eigenvalue weighted by molar-refractivity contribution is 7.85. The zero-order valence-corrected chi connectivity index (χ0v) is 10.0. The molecule has 1 unspecified atom stereocenters. The van der Waals surface area contributed by atoms with E-state index < -0.39 is 10.8 Å². The molecule has 0 amide bonds. The lowest BCUT2D eigenvalue weighted by Gasteiger charge is -2.11. The van der Waals surface area contributed by atoms with E-state index in [0.717, 1.165) is 12.8 Å². The summed E-state index contributed by atoms with van der Waals surface area (Å²) in [6.07, 6.45) is 2.05. The van der Waals surface area contributed by atoms with E-state index in [1.54, 1.807) is 12.1 Å². The minimum absolute atomic E-state index is 0.314. The molecular formula is C12H17FOS. The molecule has 0 spiro atoms. The number of rotatable bonds is 5. The van der Waals surface area contributed by atoms with E-state index in [4.69, 9.17) is 0 Å². The molecular weight excluding hydrogens is 211 g/mol. The molecule has 1 atom stereocenters. The molecule has 0 heterocycles. The standard InChI is InChI=1S/C12H17FOS/c1-3-10(4-2)9-15(14)12-7-5-6-11(13)8-12/h5-8,10H,3-4,9H2,1-2H3. The van der Waals surface area contributed by atoms with Crippen LogP contribution < -0.4 is 0 Å². The Morgan fingerprint density at radius 3 is 2.53 bits per heavy atom. The number of halogens is 1. The third-order valence-electron chi connectivity index (χ3n) is 2.60. The second kappa shape index (κ2) is 6.01. The number of hydrogen-bond acceptors (Lipinski definition) is 1. The molecule has 1 rings (SSSR count). The molecule has 1 aromatic rings. The van der Waals surface area contributed by atoms with Gasteiger partial charge in [-0.05, 0) is 24.1 Å². The van der Waals surface area contributed by atoms with Crippen LogP contribution in [0.25, 0.3) is 0 Å². The lowest BCUT2D eigenvalue weighted by Crippen LogP contribution is -2.09. The highest BCUT2D eigenvalue weighted by Crippen LogP contribution is 2.15. The average Bonchev–Trinajstić information content (AvgIpc) is 2.25. The molecule has 0 N–H and O–H groups in total. The molecule has 0 saturated heterocycles. The van der Waals surface area contributed by atoms with Gasteiger partial charge in [0.1, 0.15) is 5.82 Å². The molecule has 15 heavy (non-hydrogen) atoms. The van der Waals surface area contributed by atoms with E-state index in [2.05, 4.69) is 13.8 Å². The first-order chi connectivity index (χ1) is 7.17. The lowest BCUT2D eigenvalue weighted by molar-refractivity contribution is 0.544. The Morgan fingerprint density at radius 2 is 2.00 bits per heavy atom. The minimum atomic E-state index is -1.06. The van der Waals surface area contributed by atoms with Crippen LogP contribution in [-0.2, 0) is 10.8 Å². The van der Waals surface area contributed by atoms with E-state index in [-0.39, 0.29) is 5.82 Å². The van der Waals surface area contributed by atoms with Gasteiger partial charge >= 0.3 is 0 Å². The molecule has 1 nitrogen and oxygen atoms in total. The number of hydrogen-bond donors (Lipinski definition) is 0. The van der Waals surface area contributed by atoms with Gasteiger partial charge in [0.25, 0.3) is 0 Å². The molecule has 0 aliphatic rings. The smallest absolute Gasteiger partial charge is 0.124 e. The summed E-state index contributed by atoms with van der Waals surface area (Å²) in [5, 5.41) is 0. The highest BCUT2D eigenvalue weighted by Gasteiger charge is 2.11. The maximum Gasteiger partial charge on any atom is 0.124 e. The maximum atomic E-state index is 12.9. The predicted octanol–water partition coefficient (Wildman–Crippen LogP) is 3.37. The monoisotopic (exact) mass is 228 g/mol. The van der Waals surface area contributed by atoms with Crippen molar-refractivity contribution in [1.82, 2.24) is 0 Å². The normalized spacial score (nSPS) is 13.1. The Morgan fingerprint density at radius 1 is 1.33 bits per heavy atom. The van der Waals surface area contributed by atoms with Crippen molar-refractivity contribution in [2.24, 2.45) is 5.92 Å². The Labute approximate surface area is 93.2 Å². The zero-order chi connectivity index (χ0) is 11.3. The van der Waals surface area contributed by atoms with Gasteiger partial charge < -0.3 is 0 Å². The van der Waals surface area contributed by atoms with Crippen LogP contribution in [0.2, 0.25) is 0 Å². The third kappa shape index (κ3) is 3.74. The summed E-state index contributed by atoms with van der Waals surface area (Å²) in [6.45, 7) is 4.19. The van der Waals surface area contributed by atoms with E-state index >= 15 is 0 Å². The van der Waals surface area contributed by atoms with Crippen LogP contribution in [0, 0.1) is 11.7 Å². The molecule has 0 aromatic heterocycles. The third-order valence-corrected chi connectivity index (χ3v) is 4.15. The van der Waals surface area contributed by atoms with E-state index in [9.17, 15) is 8.60 Å². The van der Waals surface area contributed by atoms with Crippen molar-refractivity contribution in [1.29, 1.82) is 0 Å². The zero-order valence-electron chi connectivity index (χ0n) is 9.20. The van der Waals surface area contributed by atoms with Gasteiger partial charge in [0.05, 0.1) is 10.8 Å². The van der Waals surface area contributed by atoms with Crippen molar-refractivity contribution in [3.05, 3.63) is 30.1 Å². The van der Waals surface area contributed by atoms with Gasteiger partial charge in [0.15, 0.2) is 0 Å². The topological polar surface area (TPSA) is 17.1 Å². The van der Waals surface area contributed by atoms with Gasteiger partial charge in [-0.15, -0.1) is 0 Å². The van der Waals surface area contributed by atoms with Gasteiger partial charge in [-0.25, -0.2) is 4.39 Å². The summed E-state index contributed by atoms with van der Waals surface area (Å²) in [4.78, 5) is 0.599. The summed E-state index contributed by atoms with van der Waals surface area (Å²) in [5.74, 6) is 0.788. The van der Waals surface area contributed by atoms with Gasteiger partial charge in [-0.2, -0.15) is 0 Å². The van der Waals surface area contributed by atoms with Crippen molar-refractivity contribution in [3.63, 3.8) is 0 Å². The van der Waals surface area contributed by atoms with E-state index in [0.29, 0.717) is 16.6 Å². The molecule has 0 aliphatic heterocycles. The lowest BCUT2D eigenvalue weighted by atomic mass is 10.1. The Bertz CT molecular complexity index is 334. The van der Waals surface area contributed by atoms with Crippen LogP contribution in [-0.4, -0.2) is 9.96 Å². The van der Waals surface area contributed by atoms with Crippen LogP contribution in [0.4, 0.5) is 4.39 Å². The van der Waals surface area contributed by atoms with Crippen LogP contribution in [0.5, 0.6) is 0 Å². The Balaban J connectivity index is 2.68. The van der Waals surface area contributed by atoms with E-state index in [1.807, 2.05) is 0 Å². The molecule has 0 bridgehead atoms. The Kier molecular flexibility index (Phi) is 4.95. The van der Waals surface area contributed by atoms with Crippen molar-refractivity contribution < 1.29 is 8.60 Å². The molecule has 0 saturated carbocycles. The highest BCUT2D eigenvalue weighted by atomic mass is 32.2. The molecule has 0 fully saturated rings. The van der Waals surface area contributed by atoms with Gasteiger partial charge in [0, 0.05) is 10.6 Å². The minimum Gasteiger partial charge on any atom is -0.254 e. The van der Waals surface area contributed by atoms with Crippen LogP contribution >= 0.6 is 0 Å². The van der Waals surface area contributed by atoms with Gasteiger partial charge in [-0.3, -0.25) is 4.21 Å². The fourth-order valence-corrected chi connectivity index (χ4v) is 3.01. The molecule has 84 valence electrons. The first kappa shape index (κ1) is 12.4. The van der Waals surface area contributed by atoms with E-state index in [1.165, 1.54) is 12.1 Å². The average molecular weight is 228 g/mol. The fourth-order valence-electron chi connectivity index (χ4n) is 1.44. The molecule has 0 aliphatic carbocycles. The van der Waals surface area contributed by atoms with Crippen molar-refractivity contribution >= 4 is 10.8 Å².